The van der Waals surface area contributed by atoms with Gasteiger partial charge in [-0.15, -0.1) is 0 Å². The van der Waals surface area contributed by atoms with E-state index in [-0.39, 0.29) is 5.82 Å². The Morgan fingerprint density at radius 2 is 2.10 bits per heavy atom. The second kappa shape index (κ2) is 6.25. The number of rotatable bonds is 3. The average Bonchev–Trinajstić information content (AvgIpc) is 2.41. The number of anilines is 1. The molecule has 2 nitrogen and oxygen atoms in total. The molecule has 0 radical (unpaired) electrons. The summed E-state index contributed by atoms with van der Waals surface area (Å²) in [6.45, 7) is 2.18. The van der Waals surface area contributed by atoms with Crippen LogP contribution in [0.4, 0.5) is 10.1 Å². The fraction of sp³-hybridized carbons (Fsp3) is 0.133. The summed E-state index contributed by atoms with van der Waals surface area (Å²) in [5, 5.41) is 12.7. The largest absolute Gasteiger partial charge is 0.381 e. The second-order valence-corrected chi connectivity index (χ2v) is 5.62. The summed E-state index contributed by atoms with van der Waals surface area (Å²) in [6.07, 6.45) is 0. The zero-order chi connectivity index (χ0) is 14.7. The highest BCUT2D eigenvalue weighted by molar-refractivity contribution is 9.10. The van der Waals surface area contributed by atoms with Crippen molar-refractivity contribution in [2.75, 3.05) is 5.32 Å². The van der Waals surface area contributed by atoms with E-state index in [0.29, 0.717) is 28.4 Å². The van der Waals surface area contributed by atoms with Crippen LogP contribution in [0.3, 0.4) is 0 Å². The molecule has 0 amide bonds. The molecule has 2 rings (SSSR count). The van der Waals surface area contributed by atoms with E-state index in [0.717, 1.165) is 10.0 Å². The number of nitrogens with one attached hydrogen (secondary N) is 1. The Balaban J connectivity index is 2.23. The van der Waals surface area contributed by atoms with E-state index in [9.17, 15) is 4.39 Å². The Morgan fingerprint density at radius 1 is 1.35 bits per heavy atom. The third-order valence-corrected chi connectivity index (χ3v) is 3.93. The van der Waals surface area contributed by atoms with Gasteiger partial charge in [0.1, 0.15) is 5.82 Å². The molecule has 5 heteroatoms. The third kappa shape index (κ3) is 3.30. The van der Waals surface area contributed by atoms with E-state index in [4.69, 9.17) is 16.9 Å². The Kier molecular flexibility index (Phi) is 4.64. The lowest BCUT2D eigenvalue weighted by molar-refractivity contribution is 0.618. The van der Waals surface area contributed by atoms with Crippen LogP contribution < -0.4 is 5.32 Å². The van der Waals surface area contributed by atoms with Crippen LogP contribution in [0, 0.1) is 24.1 Å². The summed E-state index contributed by atoms with van der Waals surface area (Å²) in [5.74, 6) is -0.387. The van der Waals surface area contributed by atoms with Gasteiger partial charge in [0, 0.05) is 27.3 Å². The Hall–Kier alpha value is -1.57. The van der Waals surface area contributed by atoms with Crippen molar-refractivity contribution in [1.82, 2.24) is 0 Å². The first-order valence-corrected chi connectivity index (χ1v) is 7.06. The maximum Gasteiger partial charge on any atom is 0.129 e. The summed E-state index contributed by atoms with van der Waals surface area (Å²) < 4.78 is 14.5. The zero-order valence-corrected chi connectivity index (χ0v) is 13.0. The Labute approximate surface area is 130 Å². The van der Waals surface area contributed by atoms with Gasteiger partial charge in [0.15, 0.2) is 0 Å². The van der Waals surface area contributed by atoms with Crippen molar-refractivity contribution in [2.45, 2.75) is 13.5 Å². The fourth-order valence-electron chi connectivity index (χ4n) is 1.78. The van der Waals surface area contributed by atoms with E-state index in [1.165, 1.54) is 6.07 Å². The lowest BCUT2D eigenvalue weighted by Gasteiger charge is -2.12. The number of halogens is 3. The third-order valence-electron chi connectivity index (χ3n) is 2.96. The van der Waals surface area contributed by atoms with Gasteiger partial charge >= 0.3 is 0 Å². The van der Waals surface area contributed by atoms with Crippen molar-refractivity contribution in [2.24, 2.45) is 0 Å². The molecule has 0 aliphatic rings. The van der Waals surface area contributed by atoms with Gasteiger partial charge in [0.2, 0.25) is 0 Å². The maximum absolute atomic E-state index is 13.7. The molecular weight excluding hydrogens is 343 g/mol. The van der Waals surface area contributed by atoms with Gasteiger partial charge in [-0.25, -0.2) is 4.39 Å². The molecule has 2 aromatic rings. The molecule has 20 heavy (non-hydrogen) atoms. The normalized spacial score (nSPS) is 10.2. The van der Waals surface area contributed by atoms with Crippen LogP contribution in [0.1, 0.15) is 16.7 Å². The molecule has 1 N–H and O–H groups in total. The quantitative estimate of drug-likeness (QED) is 0.839. The number of benzene rings is 2. The summed E-state index contributed by atoms with van der Waals surface area (Å²) in [4.78, 5) is 0. The van der Waals surface area contributed by atoms with Crippen LogP contribution in [-0.2, 0) is 6.54 Å². The van der Waals surface area contributed by atoms with Crippen LogP contribution >= 0.6 is 27.5 Å². The minimum Gasteiger partial charge on any atom is -0.381 e. The van der Waals surface area contributed by atoms with E-state index in [1.54, 1.807) is 25.1 Å². The summed E-state index contributed by atoms with van der Waals surface area (Å²) in [5.41, 5.74) is 2.40. The van der Waals surface area contributed by atoms with Gasteiger partial charge in [-0.05, 0) is 36.8 Å². The molecule has 0 heterocycles. The first-order valence-electron chi connectivity index (χ1n) is 5.89. The number of hydrogen-bond donors (Lipinski definition) is 1. The first kappa shape index (κ1) is 14.8. The standard InChI is InChI=1S/C15H11BrClFN2/c1-9-14(18)4-10(7-19)5-15(9)20-8-11-2-3-12(17)6-13(11)16/h2-6,20H,8H2,1H3. The van der Waals surface area contributed by atoms with E-state index in [2.05, 4.69) is 21.2 Å². The minimum absolute atomic E-state index is 0.297. The van der Waals surface area contributed by atoms with Crippen molar-refractivity contribution in [3.05, 3.63) is 62.3 Å². The molecule has 0 spiro atoms. The van der Waals surface area contributed by atoms with Gasteiger partial charge in [-0.2, -0.15) is 5.26 Å². The average molecular weight is 354 g/mol. The molecule has 0 bridgehead atoms. The molecule has 0 saturated heterocycles. The topological polar surface area (TPSA) is 35.8 Å². The van der Waals surface area contributed by atoms with E-state index < -0.39 is 0 Å². The van der Waals surface area contributed by atoms with Crippen LogP contribution in [-0.4, -0.2) is 0 Å². The Morgan fingerprint density at radius 3 is 2.75 bits per heavy atom. The maximum atomic E-state index is 13.7. The molecule has 0 aliphatic carbocycles. The van der Waals surface area contributed by atoms with Gasteiger partial charge in [-0.1, -0.05) is 33.6 Å². The predicted molar refractivity (Wildman–Crippen MR) is 82.3 cm³/mol. The monoisotopic (exact) mass is 352 g/mol. The highest BCUT2D eigenvalue weighted by atomic mass is 79.9. The van der Waals surface area contributed by atoms with Crippen molar-refractivity contribution in [3.8, 4) is 6.07 Å². The molecule has 0 atom stereocenters. The summed E-state index contributed by atoms with van der Waals surface area (Å²) >= 11 is 9.31. The molecule has 2 aromatic carbocycles. The fourth-order valence-corrected chi connectivity index (χ4v) is 2.61. The van der Waals surface area contributed by atoms with Crippen LogP contribution in [0.25, 0.3) is 0 Å². The summed E-state index contributed by atoms with van der Waals surface area (Å²) in [6, 6.07) is 10.3. The molecule has 0 unspecified atom stereocenters. The van der Waals surface area contributed by atoms with Crippen molar-refractivity contribution in [1.29, 1.82) is 5.26 Å². The van der Waals surface area contributed by atoms with Crippen molar-refractivity contribution in [3.63, 3.8) is 0 Å². The van der Waals surface area contributed by atoms with Crippen molar-refractivity contribution >= 4 is 33.2 Å². The van der Waals surface area contributed by atoms with Gasteiger partial charge in [0.25, 0.3) is 0 Å². The molecule has 0 aromatic heterocycles. The van der Waals surface area contributed by atoms with E-state index >= 15 is 0 Å². The molecule has 0 saturated carbocycles. The second-order valence-electron chi connectivity index (χ2n) is 4.33. The van der Waals surface area contributed by atoms with Gasteiger partial charge in [-0.3, -0.25) is 0 Å². The number of nitrogens with zero attached hydrogens (tertiary/aromatic N) is 1. The predicted octanol–water partition coefficient (Wildman–Crippen LogP) is 5.03. The van der Waals surface area contributed by atoms with Gasteiger partial charge in [0.05, 0.1) is 11.6 Å². The van der Waals surface area contributed by atoms with Crippen LogP contribution in [0.2, 0.25) is 5.02 Å². The van der Waals surface area contributed by atoms with Crippen LogP contribution in [0.5, 0.6) is 0 Å². The highest BCUT2D eigenvalue weighted by Gasteiger charge is 2.08. The van der Waals surface area contributed by atoms with E-state index in [1.807, 2.05) is 12.1 Å². The molecular formula is C15H11BrClFN2. The molecule has 0 aliphatic heterocycles. The van der Waals surface area contributed by atoms with Crippen LogP contribution in [0.15, 0.2) is 34.8 Å². The van der Waals surface area contributed by atoms with Crippen molar-refractivity contribution < 1.29 is 4.39 Å². The smallest absolute Gasteiger partial charge is 0.129 e. The molecule has 0 fully saturated rings. The Bertz CT molecular complexity index is 695. The lowest BCUT2D eigenvalue weighted by atomic mass is 10.1. The summed E-state index contributed by atoms with van der Waals surface area (Å²) in [7, 11) is 0. The first-order chi connectivity index (χ1) is 9.51. The van der Waals surface area contributed by atoms with Gasteiger partial charge < -0.3 is 5.32 Å². The number of nitriles is 1. The zero-order valence-electron chi connectivity index (χ0n) is 10.7. The molecule has 102 valence electrons. The lowest BCUT2D eigenvalue weighted by Crippen LogP contribution is -2.03. The SMILES string of the molecule is Cc1c(F)cc(C#N)cc1NCc1ccc(Cl)cc1Br. The highest BCUT2D eigenvalue weighted by Crippen LogP contribution is 2.25. The minimum atomic E-state index is -0.387. The number of hydrogen-bond acceptors (Lipinski definition) is 2.